The zero-order chi connectivity index (χ0) is 23.6. The summed E-state index contributed by atoms with van der Waals surface area (Å²) in [5.74, 6) is -0.603. The molecule has 1 aliphatic rings. The third-order valence-corrected chi connectivity index (χ3v) is 9.22. The number of hydrogen-bond acceptors (Lipinski definition) is 7. The standard InChI is InChI=1S/C22H27ClN2O5S2/c1-5-25(11-14(2)3)32(28,29)22-20(21(27)30-4)16-8-9-24(13-19(16)31-22)12-15-6-7-18(26)17(23)10-15/h6-7,10,26H,2,5,8-9,11-13H2,1,3-4H3. The number of phenols is 1. The Morgan fingerprint density at radius 3 is 2.72 bits per heavy atom. The first-order valence-electron chi connectivity index (χ1n) is 10.2. The molecule has 1 aromatic carbocycles. The minimum atomic E-state index is -3.89. The van der Waals surface area contributed by atoms with Gasteiger partial charge in [0, 0.05) is 37.6 Å². The van der Waals surface area contributed by atoms with Crippen molar-refractivity contribution in [3.05, 3.63) is 56.9 Å². The van der Waals surface area contributed by atoms with Crippen LogP contribution in [0.4, 0.5) is 0 Å². The maximum atomic E-state index is 13.4. The second kappa shape index (κ2) is 9.93. The summed E-state index contributed by atoms with van der Waals surface area (Å²) in [7, 11) is -2.62. The van der Waals surface area contributed by atoms with Crippen LogP contribution in [0, 0.1) is 0 Å². The van der Waals surface area contributed by atoms with Gasteiger partial charge in [-0.15, -0.1) is 11.3 Å². The number of hydrogen-bond donors (Lipinski definition) is 1. The normalized spacial score (nSPS) is 14.4. The quantitative estimate of drug-likeness (QED) is 0.436. The number of nitrogens with zero attached hydrogens (tertiary/aromatic N) is 2. The molecule has 0 spiro atoms. The van der Waals surface area contributed by atoms with Crippen molar-refractivity contribution in [2.45, 2.75) is 37.6 Å². The predicted molar refractivity (Wildman–Crippen MR) is 126 cm³/mol. The number of phenolic OH excluding ortho intramolecular Hbond substituents is 1. The zero-order valence-electron chi connectivity index (χ0n) is 18.4. The van der Waals surface area contributed by atoms with Gasteiger partial charge < -0.3 is 9.84 Å². The number of thiophene rings is 1. The second-order valence-corrected chi connectivity index (χ2v) is 11.4. The molecule has 10 heteroatoms. The topological polar surface area (TPSA) is 87.2 Å². The first kappa shape index (κ1) is 24.7. The van der Waals surface area contributed by atoms with E-state index in [0.29, 0.717) is 26.1 Å². The molecule has 174 valence electrons. The van der Waals surface area contributed by atoms with E-state index in [0.717, 1.165) is 32.9 Å². The molecule has 0 fully saturated rings. The van der Waals surface area contributed by atoms with Crippen LogP contribution in [0.5, 0.6) is 5.75 Å². The fourth-order valence-electron chi connectivity index (χ4n) is 3.75. The van der Waals surface area contributed by atoms with Crippen LogP contribution in [0.3, 0.4) is 0 Å². The number of benzene rings is 1. The van der Waals surface area contributed by atoms with Crippen LogP contribution in [0.15, 0.2) is 34.6 Å². The Labute approximate surface area is 197 Å². The second-order valence-electron chi connectivity index (χ2n) is 7.79. The predicted octanol–water partition coefficient (Wildman–Crippen LogP) is 4.04. The molecule has 7 nitrogen and oxygen atoms in total. The number of ether oxygens (including phenoxy) is 1. The Kier molecular flexibility index (Phi) is 7.67. The van der Waals surface area contributed by atoms with Crippen LogP contribution in [-0.4, -0.2) is 55.4 Å². The Morgan fingerprint density at radius 2 is 2.12 bits per heavy atom. The monoisotopic (exact) mass is 498 g/mol. The molecule has 0 unspecified atom stereocenters. The lowest BCUT2D eigenvalue weighted by atomic mass is 10.0. The van der Waals surface area contributed by atoms with Crippen molar-refractivity contribution in [1.29, 1.82) is 0 Å². The van der Waals surface area contributed by atoms with Crippen LogP contribution >= 0.6 is 22.9 Å². The van der Waals surface area contributed by atoms with Gasteiger partial charge in [0.05, 0.1) is 17.7 Å². The Morgan fingerprint density at radius 1 is 1.41 bits per heavy atom. The van der Waals surface area contributed by atoms with Crippen molar-refractivity contribution >= 4 is 38.9 Å². The van der Waals surface area contributed by atoms with Gasteiger partial charge in [0.2, 0.25) is 0 Å². The molecule has 0 bridgehead atoms. The number of methoxy groups -OCH3 is 1. The number of halogens is 1. The van der Waals surface area contributed by atoms with Gasteiger partial charge in [-0.2, -0.15) is 4.31 Å². The molecule has 0 saturated carbocycles. The molecular formula is C22H27ClN2O5S2. The Bertz CT molecular complexity index is 1140. The van der Waals surface area contributed by atoms with E-state index in [-0.39, 0.29) is 33.6 Å². The van der Waals surface area contributed by atoms with E-state index in [2.05, 4.69) is 11.5 Å². The average molecular weight is 499 g/mol. The molecule has 2 heterocycles. The maximum Gasteiger partial charge on any atom is 0.340 e. The van der Waals surface area contributed by atoms with Crippen molar-refractivity contribution in [3.8, 4) is 5.75 Å². The number of rotatable bonds is 8. The smallest absolute Gasteiger partial charge is 0.340 e. The minimum Gasteiger partial charge on any atom is -0.506 e. The summed E-state index contributed by atoms with van der Waals surface area (Å²) in [6, 6.07) is 5.07. The van der Waals surface area contributed by atoms with Gasteiger partial charge in [0.1, 0.15) is 9.96 Å². The molecule has 3 rings (SSSR count). The van der Waals surface area contributed by atoms with Gasteiger partial charge in [-0.1, -0.05) is 36.7 Å². The van der Waals surface area contributed by atoms with E-state index in [1.54, 1.807) is 32.0 Å². The van der Waals surface area contributed by atoms with Crippen molar-refractivity contribution in [3.63, 3.8) is 0 Å². The van der Waals surface area contributed by atoms with Crippen LogP contribution in [0.25, 0.3) is 0 Å². The zero-order valence-corrected chi connectivity index (χ0v) is 20.7. The summed E-state index contributed by atoms with van der Waals surface area (Å²) >= 11 is 7.16. The van der Waals surface area contributed by atoms with Crippen molar-refractivity contribution < 1.29 is 23.1 Å². The SMILES string of the molecule is C=C(C)CN(CC)S(=O)(=O)c1sc2c(c1C(=O)OC)CCN(Cc1ccc(O)c(Cl)c1)C2. The minimum absolute atomic E-state index is 0.0300. The lowest BCUT2D eigenvalue weighted by Crippen LogP contribution is -2.33. The molecule has 0 saturated heterocycles. The third kappa shape index (κ3) is 5.02. The van der Waals surface area contributed by atoms with Crippen LogP contribution < -0.4 is 0 Å². The van der Waals surface area contributed by atoms with E-state index in [1.807, 2.05) is 0 Å². The molecule has 1 N–H and O–H groups in total. The first-order chi connectivity index (χ1) is 15.1. The summed E-state index contributed by atoms with van der Waals surface area (Å²) in [5.41, 5.74) is 2.55. The molecule has 32 heavy (non-hydrogen) atoms. The van der Waals surface area contributed by atoms with Gasteiger partial charge in [-0.05, 0) is 36.6 Å². The molecule has 1 aromatic heterocycles. The van der Waals surface area contributed by atoms with Crippen molar-refractivity contribution in [2.75, 3.05) is 26.7 Å². The van der Waals surface area contributed by atoms with Crippen LogP contribution in [0.2, 0.25) is 5.02 Å². The average Bonchev–Trinajstić information content (AvgIpc) is 3.13. The van der Waals surface area contributed by atoms with Gasteiger partial charge in [-0.3, -0.25) is 4.90 Å². The fourth-order valence-corrected chi connectivity index (χ4v) is 7.53. The van der Waals surface area contributed by atoms with E-state index < -0.39 is 16.0 Å². The summed E-state index contributed by atoms with van der Waals surface area (Å²) in [4.78, 5) is 15.6. The molecule has 2 aromatic rings. The lowest BCUT2D eigenvalue weighted by Gasteiger charge is -2.27. The number of fused-ring (bicyclic) bond motifs is 1. The number of carbonyl (C=O) groups is 1. The van der Waals surface area contributed by atoms with E-state index in [1.165, 1.54) is 11.4 Å². The number of carbonyl (C=O) groups excluding carboxylic acids is 1. The fraction of sp³-hybridized carbons (Fsp3) is 0.409. The third-order valence-electron chi connectivity index (χ3n) is 5.28. The van der Waals surface area contributed by atoms with Crippen LogP contribution in [-0.2, 0) is 34.3 Å². The molecule has 0 radical (unpaired) electrons. The Hall–Kier alpha value is -1.91. The van der Waals surface area contributed by atoms with Gasteiger partial charge in [-0.25, -0.2) is 13.2 Å². The highest BCUT2D eigenvalue weighted by Crippen LogP contribution is 2.38. The highest BCUT2D eigenvalue weighted by molar-refractivity contribution is 7.91. The van der Waals surface area contributed by atoms with E-state index in [4.69, 9.17) is 16.3 Å². The van der Waals surface area contributed by atoms with Crippen molar-refractivity contribution in [1.82, 2.24) is 9.21 Å². The molecule has 0 aliphatic carbocycles. The van der Waals surface area contributed by atoms with E-state index >= 15 is 0 Å². The summed E-state index contributed by atoms with van der Waals surface area (Å²) < 4.78 is 33.2. The van der Waals surface area contributed by atoms with Gasteiger partial charge >= 0.3 is 5.97 Å². The van der Waals surface area contributed by atoms with Gasteiger partial charge in [0.25, 0.3) is 10.0 Å². The Balaban J connectivity index is 1.96. The lowest BCUT2D eigenvalue weighted by molar-refractivity contribution is 0.0595. The first-order valence-corrected chi connectivity index (χ1v) is 12.8. The number of likely N-dealkylation sites (N-methyl/N-ethyl adjacent to an activating group) is 1. The highest BCUT2D eigenvalue weighted by atomic mass is 35.5. The van der Waals surface area contributed by atoms with Gasteiger partial charge in [0.15, 0.2) is 0 Å². The molecule has 1 aliphatic heterocycles. The largest absolute Gasteiger partial charge is 0.506 e. The highest BCUT2D eigenvalue weighted by Gasteiger charge is 2.36. The number of esters is 1. The molecule has 0 amide bonds. The van der Waals surface area contributed by atoms with Crippen LogP contribution in [0.1, 0.15) is 40.2 Å². The summed E-state index contributed by atoms with van der Waals surface area (Å²) in [6.07, 6.45) is 0.532. The molecular weight excluding hydrogens is 472 g/mol. The number of sulfonamides is 1. The summed E-state index contributed by atoms with van der Waals surface area (Å²) in [6.45, 7) is 9.55. The summed E-state index contributed by atoms with van der Waals surface area (Å²) in [5, 5.41) is 9.92. The van der Waals surface area contributed by atoms with Crippen molar-refractivity contribution in [2.24, 2.45) is 0 Å². The number of aromatic hydroxyl groups is 1. The maximum absolute atomic E-state index is 13.4. The van der Waals surface area contributed by atoms with E-state index in [9.17, 15) is 18.3 Å². The molecule has 0 atom stereocenters.